The van der Waals surface area contributed by atoms with Gasteiger partial charge in [-0.1, -0.05) is 23.2 Å². The zero-order valence-corrected chi connectivity index (χ0v) is 13.9. The van der Waals surface area contributed by atoms with Crippen LogP contribution in [0.25, 0.3) is 0 Å². The first-order valence-electron chi connectivity index (χ1n) is 7.44. The summed E-state index contributed by atoms with van der Waals surface area (Å²) in [5, 5.41) is 4.31. The molecule has 1 aromatic carbocycles. The number of benzene rings is 1. The predicted molar refractivity (Wildman–Crippen MR) is 88.0 cm³/mol. The fourth-order valence-electron chi connectivity index (χ4n) is 2.85. The van der Waals surface area contributed by atoms with Crippen molar-refractivity contribution in [2.24, 2.45) is 5.92 Å². The number of nitrogens with zero attached hydrogens (tertiary/aromatic N) is 1. The first-order valence-corrected chi connectivity index (χ1v) is 8.20. The third-order valence-corrected chi connectivity index (χ3v) is 4.32. The lowest BCUT2D eigenvalue weighted by molar-refractivity contribution is -0.119. The number of hydrogen-bond acceptors (Lipinski definition) is 2. The van der Waals surface area contributed by atoms with Crippen molar-refractivity contribution in [3.8, 4) is 0 Å². The lowest BCUT2D eigenvalue weighted by Gasteiger charge is -2.32. The summed E-state index contributed by atoms with van der Waals surface area (Å²) in [5.74, 6) is 0.617. The van der Waals surface area contributed by atoms with Crippen molar-refractivity contribution in [1.29, 1.82) is 0 Å². The molecule has 0 aliphatic carbocycles. The normalized spacial score (nSPS) is 19.5. The third-order valence-electron chi connectivity index (χ3n) is 3.88. The lowest BCUT2D eigenvalue weighted by atomic mass is 9.97. The molecule has 0 aromatic heterocycles. The molecule has 0 unspecified atom stereocenters. The van der Waals surface area contributed by atoms with Crippen LogP contribution in [0.1, 0.15) is 25.3 Å². The molecule has 0 bridgehead atoms. The molecule has 1 N–H and O–H groups in total. The maximum absolute atomic E-state index is 11.0. The fraction of sp³-hybridized carbons (Fsp3) is 0.562. The van der Waals surface area contributed by atoms with E-state index in [2.05, 4.69) is 10.2 Å². The average Bonchev–Trinajstić information content (AvgIpc) is 2.42. The molecule has 1 fully saturated rings. The van der Waals surface area contributed by atoms with Crippen molar-refractivity contribution in [2.45, 2.75) is 26.2 Å². The quantitative estimate of drug-likeness (QED) is 0.898. The largest absolute Gasteiger partial charge is 0.356 e. The van der Waals surface area contributed by atoms with Crippen LogP contribution >= 0.6 is 23.2 Å². The van der Waals surface area contributed by atoms with Crippen LogP contribution in [-0.2, 0) is 11.2 Å². The van der Waals surface area contributed by atoms with Crippen LogP contribution in [0.3, 0.4) is 0 Å². The second kappa shape index (κ2) is 8.02. The van der Waals surface area contributed by atoms with Crippen LogP contribution < -0.4 is 5.32 Å². The number of hydrogen-bond donors (Lipinski definition) is 1. The minimum Gasteiger partial charge on any atom is -0.356 e. The van der Waals surface area contributed by atoms with Crippen molar-refractivity contribution >= 4 is 29.1 Å². The molecule has 1 saturated heterocycles. The van der Waals surface area contributed by atoms with Crippen LogP contribution in [0.4, 0.5) is 0 Å². The van der Waals surface area contributed by atoms with E-state index in [4.69, 9.17) is 23.2 Å². The van der Waals surface area contributed by atoms with Crippen molar-refractivity contribution in [3.05, 3.63) is 33.8 Å². The number of carbonyl (C=O) groups excluding carboxylic acids is 1. The highest BCUT2D eigenvalue weighted by molar-refractivity contribution is 6.34. The zero-order valence-electron chi connectivity index (χ0n) is 12.4. The number of nitrogens with one attached hydrogen (secondary N) is 1. The number of likely N-dealkylation sites (tertiary alicyclic amines) is 1. The van der Waals surface area contributed by atoms with Gasteiger partial charge in [0.05, 0.1) is 0 Å². The lowest BCUT2D eigenvalue weighted by Crippen LogP contribution is -2.41. The van der Waals surface area contributed by atoms with Crippen LogP contribution in [-0.4, -0.2) is 37.0 Å². The maximum atomic E-state index is 11.0. The number of piperidine rings is 1. The molecule has 21 heavy (non-hydrogen) atoms. The van der Waals surface area contributed by atoms with Gasteiger partial charge in [0.1, 0.15) is 0 Å². The van der Waals surface area contributed by atoms with Gasteiger partial charge in [0.2, 0.25) is 5.91 Å². The topological polar surface area (TPSA) is 32.3 Å². The highest BCUT2D eigenvalue weighted by Crippen LogP contribution is 2.21. The average molecular weight is 329 g/mol. The molecule has 0 saturated carbocycles. The van der Waals surface area contributed by atoms with E-state index in [0.29, 0.717) is 16.0 Å². The minimum atomic E-state index is 0.0562. The second-order valence-electron chi connectivity index (χ2n) is 5.77. The van der Waals surface area contributed by atoms with E-state index >= 15 is 0 Å². The SMILES string of the molecule is CC(=O)NC[C@@H]1CCCN(CCc2cc(Cl)cc(Cl)c2)C1. The van der Waals surface area contributed by atoms with Crippen LogP contribution in [0, 0.1) is 5.92 Å². The van der Waals surface area contributed by atoms with Crippen molar-refractivity contribution in [2.75, 3.05) is 26.2 Å². The Morgan fingerprint density at radius 1 is 1.33 bits per heavy atom. The van der Waals surface area contributed by atoms with E-state index in [1.54, 1.807) is 13.0 Å². The smallest absolute Gasteiger partial charge is 0.216 e. The Morgan fingerprint density at radius 2 is 2.05 bits per heavy atom. The molecule has 0 spiro atoms. The van der Waals surface area contributed by atoms with Crippen LogP contribution in [0.15, 0.2) is 18.2 Å². The molecule has 5 heteroatoms. The summed E-state index contributed by atoms with van der Waals surface area (Å²) < 4.78 is 0. The van der Waals surface area contributed by atoms with Gasteiger partial charge in [0.15, 0.2) is 0 Å². The Balaban J connectivity index is 1.81. The summed E-state index contributed by atoms with van der Waals surface area (Å²) >= 11 is 12.1. The summed E-state index contributed by atoms with van der Waals surface area (Å²) in [7, 11) is 0. The molecule has 2 rings (SSSR count). The molecule has 1 heterocycles. The maximum Gasteiger partial charge on any atom is 0.216 e. The number of halogens is 2. The Kier molecular flexibility index (Phi) is 6.34. The van der Waals surface area contributed by atoms with Gasteiger partial charge in [-0.15, -0.1) is 0 Å². The second-order valence-corrected chi connectivity index (χ2v) is 6.65. The number of rotatable bonds is 5. The Morgan fingerprint density at radius 3 is 2.71 bits per heavy atom. The standard InChI is InChI=1S/C16H22Cl2N2O/c1-12(21)19-10-14-3-2-5-20(11-14)6-4-13-7-15(17)9-16(18)8-13/h7-9,14H,2-6,10-11H2,1H3,(H,19,21)/t14-/m0/s1. The van der Waals surface area contributed by atoms with Gasteiger partial charge in [0, 0.05) is 36.6 Å². The summed E-state index contributed by atoms with van der Waals surface area (Å²) in [6.07, 6.45) is 3.34. The van der Waals surface area contributed by atoms with Gasteiger partial charge < -0.3 is 10.2 Å². The van der Waals surface area contributed by atoms with Crippen molar-refractivity contribution in [1.82, 2.24) is 10.2 Å². The zero-order chi connectivity index (χ0) is 15.2. The van der Waals surface area contributed by atoms with Gasteiger partial charge in [-0.05, 0) is 55.5 Å². The van der Waals surface area contributed by atoms with Crippen molar-refractivity contribution < 1.29 is 4.79 Å². The molecule has 116 valence electrons. The highest BCUT2D eigenvalue weighted by Gasteiger charge is 2.19. The first kappa shape index (κ1) is 16.6. The summed E-state index contributed by atoms with van der Waals surface area (Å²) in [4.78, 5) is 13.5. The summed E-state index contributed by atoms with van der Waals surface area (Å²) in [5.41, 5.74) is 1.18. The molecule has 1 aliphatic heterocycles. The third kappa shape index (κ3) is 5.85. The summed E-state index contributed by atoms with van der Waals surface area (Å²) in [6.45, 7) is 5.55. The Hall–Kier alpha value is -0.770. The summed E-state index contributed by atoms with van der Waals surface area (Å²) in [6, 6.07) is 5.72. The predicted octanol–water partition coefficient (Wildman–Crippen LogP) is 3.38. The van der Waals surface area contributed by atoms with E-state index < -0.39 is 0 Å². The van der Waals surface area contributed by atoms with Gasteiger partial charge >= 0.3 is 0 Å². The van der Waals surface area contributed by atoms with E-state index in [-0.39, 0.29) is 5.91 Å². The molecular formula is C16H22Cl2N2O. The Labute approximate surface area is 136 Å². The number of carbonyl (C=O) groups is 1. The minimum absolute atomic E-state index is 0.0562. The van der Waals surface area contributed by atoms with E-state index in [0.717, 1.165) is 32.6 Å². The fourth-order valence-corrected chi connectivity index (χ4v) is 3.42. The highest BCUT2D eigenvalue weighted by atomic mass is 35.5. The molecule has 3 nitrogen and oxygen atoms in total. The van der Waals surface area contributed by atoms with Crippen LogP contribution in [0.5, 0.6) is 0 Å². The molecule has 1 aliphatic rings. The molecule has 0 radical (unpaired) electrons. The van der Waals surface area contributed by atoms with E-state index in [9.17, 15) is 4.79 Å². The molecule has 1 atom stereocenters. The van der Waals surface area contributed by atoms with E-state index in [1.165, 1.54) is 18.4 Å². The number of amides is 1. The van der Waals surface area contributed by atoms with Gasteiger partial charge in [-0.25, -0.2) is 0 Å². The Bertz CT molecular complexity index is 473. The van der Waals surface area contributed by atoms with Gasteiger partial charge in [-0.3, -0.25) is 4.79 Å². The monoisotopic (exact) mass is 328 g/mol. The van der Waals surface area contributed by atoms with Crippen molar-refractivity contribution in [3.63, 3.8) is 0 Å². The molecule has 1 amide bonds. The van der Waals surface area contributed by atoms with E-state index in [1.807, 2.05) is 12.1 Å². The van der Waals surface area contributed by atoms with Crippen LogP contribution in [0.2, 0.25) is 10.0 Å². The molecular weight excluding hydrogens is 307 g/mol. The molecule has 1 aromatic rings. The van der Waals surface area contributed by atoms with Gasteiger partial charge in [0.25, 0.3) is 0 Å². The first-order chi connectivity index (χ1) is 10.0. The van der Waals surface area contributed by atoms with Gasteiger partial charge in [-0.2, -0.15) is 0 Å².